The molecular formula is C16H20N4O3S. The highest BCUT2D eigenvalue weighted by atomic mass is 32.1. The summed E-state index contributed by atoms with van der Waals surface area (Å²) in [6.07, 6.45) is 4.25. The average Bonchev–Trinajstić information content (AvgIpc) is 3.25. The summed E-state index contributed by atoms with van der Waals surface area (Å²) in [5.41, 5.74) is 1.15. The van der Waals surface area contributed by atoms with Gasteiger partial charge in [-0.2, -0.15) is 0 Å². The van der Waals surface area contributed by atoms with E-state index in [0.29, 0.717) is 36.7 Å². The summed E-state index contributed by atoms with van der Waals surface area (Å²) in [6, 6.07) is 0. The van der Waals surface area contributed by atoms with Crippen LogP contribution in [0.1, 0.15) is 42.1 Å². The lowest BCUT2D eigenvalue weighted by atomic mass is 9.98. The van der Waals surface area contributed by atoms with E-state index in [1.165, 1.54) is 0 Å². The Morgan fingerprint density at radius 1 is 1.50 bits per heavy atom. The van der Waals surface area contributed by atoms with Gasteiger partial charge in [0.15, 0.2) is 5.76 Å². The number of rotatable bonds is 3. The van der Waals surface area contributed by atoms with Gasteiger partial charge in [-0.05, 0) is 26.2 Å². The molecular weight excluding hydrogens is 328 g/mol. The van der Waals surface area contributed by atoms with Crippen LogP contribution in [0.2, 0.25) is 0 Å². The van der Waals surface area contributed by atoms with Crippen LogP contribution in [-0.2, 0) is 16.0 Å². The SMILES string of the molecule is CCc1noc(C)c1NC(=O)C(=O)N1CCC[C@H](c2nccs2)C1. The van der Waals surface area contributed by atoms with Gasteiger partial charge >= 0.3 is 11.8 Å². The van der Waals surface area contributed by atoms with Crippen LogP contribution in [0.25, 0.3) is 0 Å². The first-order valence-electron chi connectivity index (χ1n) is 8.05. The first-order valence-corrected chi connectivity index (χ1v) is 8.93. The number of aromatic nitrogens is 2. The predicted octanol–water partition coefficient (Wildman–Crippen LogP) is 2.35. The highest BCUT2D eigenvalue weighted by Crippen LogP contribution is 2.28. The average molecular weight is 348 g/mol. The van der Waals surface area contributed by atoms with Crippen LogP contribution in [0.3, 0.4) is 0 Å². The molecule has 0 spiro atoms. The zero-order valence-electron chi connectivity index (χ0n) is 13.7. The van der Waals surface area contributed by atoms with Crippen LogP contribution >= 0.6 is 11.3 Å². The maximum absolute atomic E-state index is 12.5. The van der Waals surface area contributed by atoms with E-state index in [-0.39, 0.29) is 5.92 Å². The number of nitrogens with one attached hydrogen (secondary N) is 1. The number of hydrogen-bond acceptors (Lipinski definition) is 6. The molecule has 7 nitrogen and oxygen atoms in total. The maximum atomic E-state index is 12.5. The standard InChI is InChI=1S/C16H20N4O3S/c1-3-12-13(10(2)23-19-12)18-14(21)16(22)20-7-4-5-11(9-20)15-17-6-8-24-15/h6,8,11H,3-5,7,9H2,1-2H3,(H,18,21)/t11-/m0/s1. The topological polar surface area (TPSA) is 88.3 Å². The monoisotopic (exact) mass is 348 g/mol. The third-order valence-corrected chi connectivity index (χ3v) is 5.15. The van der Waals surface area contributed by atoms with Gasteiger partial charge in [0.1, 0.15) is 11.4 Å². The molecule has 1 aliphatic heterocycles. The Hall–Kier alpha value is -2.22. The molecule has 0 aliphatic carbocycles. The second kappa shape index (κ2) is 7.12. The van der Waals surface area contributed by atoms with Crippen molar-refractivity contribution in [3.63, 3.8) is 0 Å². The molecule has 0 saturated carbocycles. The molecule has 2 amide bonds. The normalized spacial score (nSPS) is 17.8. The van der Waals surface area contributed by atoms with Crippen molar-refractivity contribution in [2.75, 3.05) is 18.4 Å². The molecule has 1 atom stereocenters. The highest BCUT2D eigenvalue weighted by molar-refractivity contribution is 7.09. The molecule has 1 saturated heterocycles. The van der Waals surface area contributed by atoms with E-state index in [2.05, 4.69) is 15.5 Å². The van der Waals surface area contributed by atoms with Crippen LogP contribution in [0.4, 0.5) is 5.69 Å². The van der Waals surface area contributed by atoms with Crippen molar-refractivity contribution in [2.24, 2.45) is 0 Å². The number of aryl methyl sites for hydroxylation is 2. The minimum atomic E-state index is -0.643. The Morgan fingerprint density at radius 3 is 3.04 bits per heavy atom. The number of carbonyl (C=O) groups excluding carboxylic acids is 2. The summed E-state index contributed by atoms with van der Waals surface area (Å²) < 4.78 is 5.08. The zero-order valence-corrected chi connectivity index (χ0v) is 14.6. The predicted molar refractivity (Wildman–Crippen MR) is 89.9 cm³/mol. The van der Waals surface area contributed by atoms with E-state index in [9.17, 15) is 9.59 Å². The largest absolute Gasteiger partial charge is 0.359 e. The van der Waals surface area contributed by atoms with Crippen molar-refractivity contribution in [1.29, 1.82) is 0 Å². The molecule has 128 valence electrons. The minimum absolute atomic E-state index is 0.207. The number of amides is 2. The van der Waals surface area contributed by atoms with E-state index in [1.807, 2.05) is 12.3 Å². The summed E-state index contributed by atoms with van der Waals surface area (Å²) >= 11 is 1.59. The van der Waals surface area contributed by atoms with E-state index >= 15 is 0 Å². The summed E-state index contributed by atoms with van der Waals surface area (Å²) in [4.78, 5) is 30.8. The van der Waals surface area contributed by atoms with Crippen molar-refractivity contribution in [1.82, 2.24) is 15.0 Å². The van der Waals surface area contributed by atoms with E-state index in [0.717, 1.165) is 17.8 Å². The minimum Gasteiger partial charge on any atom is -0.359 e. The van der Waals surface area contributed by atoms with Gasteiger partial charge in [0, 0.05) is 30.6 Å². The number of hydrogen-bond donors (Lipinski definition) is 1. The van der Waals surface area contributed by atoms with Crippen molar-refractivity contribution >= 4 is 28.8 Å². The summed E-state index contributed by atoms with van der Waals surface area (Å²) in [5, 5.41) is 9.50. The molecule has 24 heavy (non-hydrogen) atoms. The Bertz CT molecular complexity index is 726. The quantitative estimate of drug-likeness (QED) is 0.860. The van der Waals surface area contributed by atoms with Crippen LogP contribution < -0.4 is 5.32 Å². The first kappa shape index (κ1) is 16.6. The summed E-state index contributed by atoms with van der Waals surface area (Å²) in [7, 11) is 0. The lowest BCUT2D eigenvalue weighted by Crippen LogP contribution is -2.44. The molecule has 0 bridgehead atoms. The molecule has 0 aromatic carbocycles. The number of likely N-dealkylation sites (tertiary alicyclic amines) is 1. The maximum Gasteiger partial charge on any atom is 0.314 e. The van der Waals surface area contributed by atoms with Gasteiger partial charge in [0.2, 0.25) is 0 Å². The number of anilines is 1. The number of thiazole rings is 1. The Balaban J connectivity index is 1.67. The van der Waals surface area contributed by atoms with E-state index < -0.39 is 11.8 Å². The van der Waals surface area contributed by atoms with Crippen molar-refractivity contribution < 1.29 is 14.1 Å². The highest BCUT2D eigenvalue weighted by Gasteiger charge is 2.30. The second-order valence-electron chi connectivity index (χ2n) is 5.83. The zero-order chi connectivity index (χ0) is 17.1. The Kier molecular flexibility index (Phi) is 4.94. The molecule has 8 heteroatoms. The number of piperidine rings is 1. The Labute approximate surface area is 144 Å². The number of carbonyl (C=O) groups is 2. The van der Waals surface area contributed by atoms with Crippen molar-refractivity contribution in [3.05, 3.63) is 28.0 Å². The molecule has 1 aliphatic rings. The molecule has 2 aromatic rings. The van der Waals surface area contributed by atoms with Crippen LogP contribution in [-0.4, -0.2) is 39.9 Å². The molecule has 3 rings (SSSR count). The summed E-state index contributed by atoms with van der Waals surface area (Å²) in [5.74, 6) is -0.443. The molecule has 3 heterocycles. The first-order chi connectivity index (χ1) is 11.6. The molecule has 1 fully saturated rings. The lowest BCUT2D eigenvalue weighted by molar-refractivity contribution is -0.144. The van der Waals surface area contributed by atoms with Crippen LogP contribution in [0.15, 0.2) is 16.1 Å². The van der Waals surface area contributed by atoms with Gasteiger partial charge in [-0.1, -0.05) is 12.1 Å². The molecule has 1 N–H and O–H groups in total. The van der Waals surface area contributed by atoms with Gasteiger partial charge in [-0.15, -0.1) is 11.3 Å². The third kappa shape index (κ3) is 3.33. The van der Waals surface area contributed by atoms with Gasteiger partial charge < -0.3 is 14.7 Å². The third-order valence-electron chi connectivity index (χ3n) is 4.21. The van der Waals surface area contributed by atoms with Gasteiger partial charge in [0.05, 0.1) is 5.01 Å². The van der Waals surface area contributed by atoms with Crippen LogP contribution in [0.5, 0.6) is 0 Å². The van der Waals surface area contributed by atoms with Crippen molar-refractivity contribution in [2.45, 2.75) is 39.0 Å². The fraction of sp³-hybridized carbons (Fsp3) is 0.500. The van der Waals surface area contributed by atoms with Gasteiger partial charge in [-0.3, -0.25) is 9.59 Å². The number of nitrogens with zero attached hydrogens (tertiary/aromatic N) is 3. The van der Waals surface area contributed by atoms with Crippen molar-refractivity contribution in [3.8, 4) is 0 Å². The van der Waals surface area contributed by atoms with Gasteiger partial charge in [-0.25, -0.2) is 4.98 Å². The van der Waals surface area contributed by atoms with Crippen LogP contribution in [0, 0.1) is 6.92 Å². The van der Waals surface area contributed by atoms with Gasteiger partial charge in [0.25, 0.3) is 0 Å². The second-order valence-corrected chi connectivity index (χ2v) is 6.75. The molecule has 0 radical (unpaired) electrons. The molecule has 2 aromatic heterocycles. The lowest BCUT2D eigenvalue weighted by Gasteiger charge is -2.31. The fourth-order valence-electron chi connectivity index (χ4n) is 2.93. The Morgan fingerprint density at radius 2 is 2.33 bits per heavy atom. The molecule has 0 unspecified atom stereocenters. The smallest absolute Gasteiger partial charge is 0.314 e. The van der Waals surface area contributed by atoms with E-state index in [1.54, 1.807) is 29.4 Å². The fourth-order valence-corrected chi connectivity index (χ4v) is 3.70. The summed E-state index contributed by atoms with van der Waals surface area (Å²) in [6.45, 7) is 4.75. The van der Waals surface area contributed by atoms with E-state index in [4.69, 9.17) is 4.52 Å².